The lowest BCUT2D eigenvalue weighted by Gasteiger charge is -2.22. The van der Waals surface area contributed by atoms with Gasteiger partial charge in [-0.15, -0.1) is 0 Å². The number of carbonyl (C=O) groups excluding carboxylic acids is 2. The van der Waals surface area contributed by atoms with Gasteiger partial charge in [-0.3, -0.25) is 9.59 Å². The molecule has 4 nitrogen and oxygen atoms in total. The van der Waals surface area contributed by atoms with E-state index in [-0.39, 0.29) is 12.2 Å². The van der Waals surface area contributed by atoms with Crippen LogP contribution < -0.4 is 4.90 Å². The Kier molecular flexibility index (Phi) is 3.68. The van der Waals surface area contributed by atoms with Gasteiger partial charge in [-0.25, -0.2) is 0 Å². The number of fused-ring (bicyclic) bond motifs is 1. The Hall–Kier alpha value is -2.98. The molecule has 0 saturated carbocycles. The van der Waals surface area contributed by atoms with Crippen LogP contribution in [0, 0.1) is 0 Å². The van der Waals surface area contributed by atoms with Crippen molar-refractivity contribution in [2.45, 2.75) is 31.8 Å². The zero-order valence-electron chi connectivity index (χ0n) is 15.7. The van der Waals surface area contributed by atoms with Gasteiger partial charge in [0.25, 0.3) is 5.91 Å². The van der Waals surface area contributed by atoms with Crippen molar-refractivity contribution in [3.05, 3.63) is 76.9 Å². The van der Waals surface area contributed by atoms with Gasteiger partial charge in [0.15, 0.2) is 11.4 Å². The molecule has 0 bridgehead atoms. The Morgan fingerprint density at radius 1 is 1.04 bits per heavy atom. The third-order valence-corrected chi connectivity index (χ3v) is 6.15. The van der Waals surface area contributed by atoms with E-state index in [2.05, 4.69) is 6.07 Å². The van der Waals surface area contributed by atoms with Crippen molar-refractivity contribution < 1.29 is 14.7 Å². The number of Topliss-reactive ketones (excluding diaryl/α,β-unsaturated/α-hetero) is 1. The van der Waals surface area contributed by atoms with E-state index in [1.165, 1.54) is 11.1 Å². The molecule has 3 aromatic rings. The molecule has 1 aliphatic carbocycles. The monoisotopic (exact) mass is 371 g/mol. The highest BCUT2D eigenvalue weighted by molar-refractivity contribution is 6.14. The molecule has 140 valence electrons. The highest BCUT2D eigenvalue weighted by Gasteiger charge is 2.50. The molecule has 0 fully saturated rings. The van der Waals surface area contributed by atoms with E-state index in [9.17, 15) is 14.7 Å². The fourth-order valence-electron chi connectivity index (χ4n) is 4.81. The molecule has 1 aliphatic heterocycles. The van der Waals surface area contributed by atoms with E-state index in [1.807, 2.05) is 43.3 Å². The van der Waals surface area contributed by atoms with Crippen LogP contribution in [0.2, 0.25) is 0 Å². The lowest BCUT2D eigenvalue weighted by Crippen LogP contribution is -2.41. The number of amides is 1. The second-order valence-electron chi connectivity index (χ2n) is 7.64. The molecule has 1 heterocycles. The summed E-state index contributed by atoms with van der Waals surface area (Å²) in [7, 11) is 0. The van der Waals surface area contributed by atoms with E-state index in [1.54, 1.807) is 17.0 Å². The summed E-state index contributed by atoms with van der Waals surface area (Å²) >= 11 is 0. The summed E-state index contributed by atoms with van der Waals surface area (Å²) < 4.78 is 0. The molecule has 1 N–H and O–H groups in total. The summed E-state index contributed by atoms with van der Waals surface area (Å²) in [5, 5.41) is 13.4. The summed E-state index contributed by atoms with van der Waals surface area (Å²) in [6, 6.07) is 17.1. The third-order valence-electron chi connectivity index (χ3n) is 6.15. The largest absolute Gasteiger partial charge is 0.375 e. The zero-order chi connectivity index (χ0) is 19.5. The van der Waals surface area contributed by atoms with Crippen molar-refractivity contribution in [1.82, 2.24) is 0 Å². The van der Waals surface area contributed by atoms with Crippen LogP contribution in [0.4, 0.5) is 5.69 Å². The van der Waals surface area contributed by atoms with E-state index in [0.717, 1.165) is 23.6 Å². The summed E-state index contributed by atoms with van der Waals surface area (Å²) in [5.41, 5.74) is 2.50. The molecule has 0 aromatic heterocycles. The number of hydrogen-bond acceptors (Lipinski definition) is 3. The number of ketones is 1. The van der Waals surface area contributed by atoms with E-state index < -0.39 is 11.5 Å². The Labute approximate surface area is 163 Å². The highest BCUT2D eigenvalue weighted by Crippen LogP contribution is 2.43. The molecule has 0 saturated heterocycles. The first-order chi connectivity index (χ1) is 13.5. The number of para-hydroxylation sites is 1. The van der Waals surface area contributed by atoms with Crippen molar-refractivity contribution in [2.24, 2.45) is 0 Å². The molecular formula is C24H21NO3. The predicted octanol–water partition coefficient (Wildman–Crippen LogP) is 3.77. The van der Waals surface area contributed by atoms with Crippen LogP contribution in [-0.2, 0) is 23.2 Å². The summed E-state index contributed by atoms with van der Waals surface area (Å²) in [4.78, 5) is 27.8. The first kappa shape index (κ1) is 17.1. The Morgan fingerprint density at radius 2 is 1.79 bits per heavy atom. The van der Waals surface area contributed by atoms with E-state index in [0.29, 0.717) is 23.4 Å². The molecule has 1 amide bonds. The SMILES string of the molecule is CCN1C(=O)[C@](O)(CC(=O)c2ccc3c4c(cccc24)CC3)c2ccccc21. The predicted molar refractivity (Wildman–Crippen MR) is 109 cm³/mol. The Bertz CT molecular complexity index is 1140. The number of anilines is 1. The molecular weight excluding hydrogens is 350 g/mol. The summed E-state index contributed by atoms with van der Waals surface area (Å²) in [6.45, 7) is 2.32. The number of aliphatic hydroxyl groups is 1. The second-order valence-corrected chi connectivity index (χ2v) is 7.64. The highest BCUT2D eigenvalue weighted by atomic mass is 16.3. The van der Waals surface area contributed by atoms with Gasteiger partial charge in [0.2, 0.25) is 0 Å². The maximum atomic E-state index is 13.3. The van der Waals surface area contributed by atoms with Gasteiger partial charge in [0, 0.05) is 17.7 Å². The molecule has 5 rings (SSSR count). The topological polar surface area (TPSA) is 57.6 Å². The first-order valence-electron chi connectivity index (χ1n) is 9.75. The smallest absolute Gasteiger partial charge is 0.264 e. The van der Waals surface area contributed by atoms with Gasteiger partial charge >= 0.3 is 0 Å². The quantitative estimate of drug-likeness (QED) is 0.711. The number of hydrogen-bond donors (Lipinski definition) is 1. The molecule has 2 aliphatic rings. The van der Waals surface area contributed by atoms with Crippen molar-refractivity contribution in [2.75, 3.05) is 11.4 Å². The lowest BCUT2D eigenvalue weighted by molar-refractivity contribution is -0.135. The van der Waals surface area contributed by atoms with E-state index in [4.69, 9.17) is 0 Å². The minimum absolute atomic E-state index is 0.209. The maximum absolute atomic E-state index is 13.3. The van der Waals surface area contributed by atoms with Crippen LogP contribution in [0.25, 0.3) is 10.8 Å². The van der Waals surface area contributed by atoms with Crippen molar-refractivity contribution in [3.8, 4) is 0 Å². The fraction of sp³-hybridized carbons (Fsp3) is 0.250. The number of carbonyl (C=O) groups is 2. The van der Waals surface area contributed by atoms with Crippen molar-refractivity contribution >= 4 is 28.2 Å². The van der Waals surface area contributed by atoms with Gasteiger partial charge in [-0.1, -0.05) is 48.5 Å². The number of benzene rings is 3. The average molecular weight is 371 g/mol. The van der Waals surface area contributed by atoms with Crippen LogP contribution in [0.1, 0.15) is 40.4 Å². The number of likely N-dealkylation sites (N-methyl/N-ethyl adjacent to an activating group) is 1. The lowest BCUT2D eigenvalue weighted by atomic mass is 9.86. The number of rotatable bonds is 4. The number of aryl methyl sites for hydroxylation is 2. The Balaban J connectivity index is 1.59. The van der Waals surface area contributed by atoms with Gasteiger partial charge < -0.3 is 10.0 Å². The Morgan fingerprint density at radius 3 is 2.57 bits per heavy atom. The normalized spacial score (nSPS) is 20.1. The minimum atomic E-state index is -1.81. The van der Waals surface area contributed by atoms with Crippen LogP contribution in [0.3, 0.4) is 0 Å². The second kappa shape index (κ2) is 6.01. The molecule has 4 heteroatoms. The van der Waals surface area contributed by atoms with E-state index >= 15 is 0 Å². The van der Waals surface area contributed by atoms with Gasteiger partial charge in [0.1, 0.15) is 0 Å². The van der Waals surface area contributed by atoms with Crippen molar-refractivity contribution in [3.63, 3.8) is 0 Å². The zero-order valence-corrected chi connectivity index (χ0v) is 15.7. The van der Waals surface area contributed by atoms with Crippen LogP contribution in [0.5, 0.6) is 0 Å². The molecule has 0 radical (unpaired) electrons. The summed E-state index contributed by atoms with van der Waals surface area (Å²) in [5.74, 6) is -0.630. The molecule has 0 spiro atoms. The molecule has 1 atom stereocenters. The van der Waals surface area contributed by atoms with Crippen LogP contribution in [0.15, 0.2) is 54.6 Å². The fourth-order valence-corrected chi connectivity index (χ4v) is 4.81. The first-order valence-corrected chi connectivity index (χ1v) is 9.75. The van der Waals surface area contributed by atoms with Gasteiger partial charge in [-0.2, -0.15) is 0 Å². The van der Waals surface area contributed by atoms with Crippen LogP contribution >= 0.6 is 0 Å². The standard InChI is InChI=1S/C24H21NO3/c1-2-25-20-9-4-3-8-19(20)24(28,23(25)27)14-21(26)17-13-12-16-11-10-15-6-5-7-18(17)22(15)16/h3-9,12-13,28H,2,10-11,14H2,1H3/t24-/m0/s1. The minimum Gasteiger partial charge on any atom is -0.375 e. The molecule has 0 unspecified atom stereocenters. The molecule has 3 aromatic carbocycles. The van der Waals surface area contributed by atoms with Crippen LogP contribution in [-0.4, -0.2) is 23.3 Å². The van der Waals surface area contributed by atoms with Gasteiger partial charge in [0.05, 0.1) is 12.1 Å². The number of nitrogens with zero attached hydrogens (tertiary/aromatic N) is 1. The van der Waals surface area contributed by atoms with Crippen molar-refractivity contribution in [1.29, 1.82) is 0 Å². The third kappa shape index (κ3) is 2.21. The molecule has 28 heavy (non-hydrogen) atoms. The maximum Gasteiger partial charge on any atom is 0.264 e. The summed E-state index contributed by atoms with van der Waals surface area (Å²) in [6.07, 6.45) is 1.73. The average Bonchev–Trinajstić information content (AvgIpc) is 3.22. The van der Waals surface area contributed by atoms with Gasteiger partial charge in [-0.05, 0) is 47.7 Å².